The Labute approximate surface area is 95.2 Å². The van der Waals surface area contributed by atoms with E-state index in [-0.39, 0.29) is 0 Å². The Kier molecular flexibility index (Phi) is 3.07. The van der Waals surface area contributed by atoms with Gasteiger partial charge in [0.2, 0.25) is 0 Å². The summed E-state index contributed by atoms with van der Waals surface area (Å²) in [5.74, 6) is 4.35. The van der Waals surface area contributed by atoms with Crippen LogP contribution < -0.4 is 0 Å². The van der Waals surface area contributed by atoms with Crippen LogP contribution in [0.2, 0.25) is 19.6 Å². The summed E-state index contributed by atoms with van der Waals surface area (Å²) in [5.41, 5.74) is 7.07. The van der Waals surface area contributed by atoms with Gasteiger partial charge in [-0.1, -0.05) is 30.8 Å². The Hall–Kier alpha value is -0.483. The van der Waals surface area contributed by atoms with E-state index >= 15 is 0 Å². The standard InChI is InChI=1S/C14H22Si/c1-15(2,3)10-6-4-5-7-13-11-14(13)12-8-9-12/h13H,4-5,7-9,11H2,1-3H3. The van der Waals surface area contributed by atoms with Crippen LogP contribution in [0, 0.1) is 17.4 Å². The summed E-state index contributed by atoms with van der Waals surface area (Å²) in [4.78, 5) is 0. The fourth-order valence-electron chi connectivity index (χ4n) is 2.06. The van der Waals surface area contributed by atoms with E-state index in [1.165, 1.54) is 32.1 Å². The van der Waals surface area contributed by atoms with Gasteiger partial charge in [0.25, 0.3) is 0 Å². The van der Waals surface area contributed by atoms with E-state index in [2.05, 4.69) is 31.1 Å². The maximum absolute atomic E-state index is 3.44. The molecule has 1 heteroatoms. The first-order valence-corrected chi connectivity index (χ1v) is 9.77. The second kappa shape index (κ2) is 4.18. The van der Waals surface area contributed by atoms with Gasteiger partial charge in [-0.2, -0.15) is 0 Å². The average molecular weight is 218 g/mol. The highest BCUT2D eigenvalue weighted by Gasteiger charge is 2.34. The molecule has 1 atom stereocenters. The van der Waals surface area contributed by atoms with Crippen molar-refractivity contribution in [2.24, 2.45) is 5.92 Å². The van der Waals surface area contributed by atoms with Crippen LogP contribution >= 0.6 is 0 Å². The number of hydrogen-bond acceptors (Lipinski definition) is 0. The number of allylic oxidation sites excluding steroid dienone is 2. The van der Waals surface area contributed by atoms with Crippen molar-refractivity contribution in [3.8, 4) is 11.5 Å². The highest BCUT2D eigenvalue weighted by atomic mass is 28.3. The molecule has 0 aromatic rings. The van der Waals surface area contributed by atoms with Crippen LogP contribution in [-0.2, 0) is 0 Å². The summed E-state index contributed by atoms with van der Waals surface area (Å²) >= 11 is 0. The largest absolute Gasteiger partial charge is 0.132 e. The first-order valence-electron chi connectivity index (χ1n) is 6.27. The normalized spacial score (nSPS) is 23.5. The fraction of sp³-hybridized carbons (Fsp3) is 0.714. The van der Waals surface area contributed by atoms with Crippen LogP contribution in [0.4, 0.5) is 0 Å². The minimum atomic E-state index is -1.11. The molecule has 1 unspecified atom stereocenters. The van der Waals surface area contributed by atoms with Crippen molar-refractivity contribution in [1.29, 1.82) is 0 Å². The lowest BCUT2D eigenvalue weighted by Crippen LogP contribution is -2.16. The molecular formula is C14H22Si. The zero-order valence-corrected chi connectivity index (χ0v) is 11.3. The van der Waals surface area contributed by atoms with Crippen molar-refractivity contribution in [3.63, 3.8) is 0 Å². The topological polar surface area (TPSA) is 0 Å². The summed E-state index contributed by atoms with van der Waals surface area (Å²) in [7, 11) is -1.11. The smallest absolute Gasteiger partial charge is 0.129 e. The van der Waals surface area contributed by atoms with Crippen molar-refractivity contribution in [3.05, 3.63) is 11.1 Å². The van der Waals surface area contributed by atoms with Crippen LogP contribution in [0.3, 0.4) is 0 Å². The molecule has 2 fully saturated rings. The van der Waals surface area contributed by atoms with Gasteiger partial charge in [0.15, 0.2) is 0 Å². The summed E-state index contributed by atoms with van der Waals surface area (Å²) in [6.07, 6.45) is 8.11. The SMILES string of the molecule is C[Si](C)(C)C#CCCCC1CC1=C1CC1. The Balaban J connectivity index is 1.60. The van der Waals surface area contributed by atoms with Gasteiger partial charge in [-0.3, -0.25) is 0 Å². The van der Waals surface area contributed by atoms with E-state index < -0.39 is 8.07 Å². The quantitative estimate of drug-likeness (QED) is 0.289. The predicted octanol–water partition coefficient (Wildman–Crippen LogP) is 4.15. The highest BCUT2D eigenvalue weighted by molar-refractivity contribution is 6.83. The Morgan fingerprint density at radius 1 is 1.27 bits per heavy atom. The molecule has 2 rings (SSSR count). The van der Waals surface area contributed by atoms with Gasteiger partial charge in [0, 0.05) is 6.42 Å². The molecule has 0 amide bonds. The van der Waals surface area contributed by atoms with E-state index in [1.807, 2.05) is 5.57 Å². The molecule has 0 heterocycles. The Morgan fingerprint density at radius 3 is 2.60 bits per heavy atom. The van der Waals surface area contributed by atoms with Crippen LogP contribution in [0.5, 0.6) is 0 Å². The fourth-order valence-corrected chi connectivity index (χ4v) is 2.72. The molecule has 82 valence electrons. The van der Waals surface area contributed by atoms with E-state index in [4.69, 9.17) is 0 Å². The van der Waals surface area contributed by atoms with E-state index in [0.29, 0.717) is 0 Å². The molecule has 0 aromatic heterocycles. The molecule has 0 nitrogen and oxygen atoms in total. The summed E-state index contributed by atoms with van der Waals surface area (Å²) in [6.45, 7) is 6.95. The minimum Gasteiger partial charge on any atom is -0.132 e. The molecule has 0 aliphatic heterocycles. The van der Waals surface area contributed by atoms with Crippen molar-refractivity contribution < 1.29 is 0 Å². The predicted molar refractivity (Wildman–Crippen MR) is 69.3 cm³/mol. The van der Waals surface area contributed by atoms with Gasteiger partial charge in [-0.05, 0) is 38.0 Å². The Bertz CT molecular complexity index is 327. The zero-order valence-electron chi connectivity index (χ0n) is 10.3. The van der Waals surface area contributed by atoms with E-state index in [9.17, 15) is 0 Å². The van der Waals surface area contributed by atoms with Gasteiger partial charge in [0.1, 0.15) is 8.07 Å². The lowest BCUT2D eigenvalue weighted by Gasteiger charge is -2.03. The maximum Gasteiger partial charge on any atom is 0.129 e. The molecule has 0 spiro atoms. The summed E-state index contributed by atoms with van der Waals surface area (Å²) in [6, 6.07) is 0. The lowest BCUT2D eigenvalue weighted by molar-refractivity contribution is 0.698. The van der Waals surface area contributed by atoms with Gasteiger partial charge in [-0.15, -0.1) is 11.5 Å². The van der Waals surface area contributed by atoms with Crippen molar-refractivity contribution >= 4 is 8.07 Å². The molecule has 0 saturated heterocycles. The van der Waals surface area contributed by atoms with Crippen LogP contribution in [0.15, 0.2) is 11.1 Å². The van der Waals surface area contributed by atoms with Crippen LogP contribution in [0.1, 0.15) is 38.5 Å². The minimum absolute atomic E-state index is 0.983. The van der Waals surface area contributed by atoms with Crippen molar-refractivity contribution in [1.82, 2.24) is 0 Å². The average Bonchev–Trinajstić information content (AvgIpc) is 2.96. The third-order valence-electron chi connectivity index (χ3n) is 3.07. The van der Waals surface area contributed by atoms with Crippen molar-refractivity contribution in [2.45, 2.75) is 58.2 Å². The lowest BCUT2D eigenvalue weighted by atomic mass is 10.2. The van der Waals surface area contributed by atoms with Crippen LogP contribution in [-0.4, -0.2) is 8.07 Å². The third-order valence-corrected chi connectivity index (χ3v) is 4.00. The first-order chi connectivity index (χ1) is 7.06. The molecule has 0 bridgehead atoms. The number of rotatable bonds is 3. The molecule has 2 aliphatic carbocycles. The molecular weight excluding hydrogens is 196 g/mol. The second-order valence-electron chi connectivity index (χ2n) is 5.97. The molecule has 0 N–H and O–H groups in total. The van der Waals surface area contributed by atoms with Crippen LogP contribution in [0.25, 0.3) is 0 Å². The zero-order chi connectivity index (χ0) is 10.9. The second-order valence-corrected chi connectivity index (χ2v) is 10.7. The molecule has 0 aromatic carbocycles. The van der Waals surface area contributed by atoms with Gasteiger partial charge in [0.05, 0.1) is 0 Å². The molecule has 2 aliphatic rings. The summed E-state index contributed by atoms with van der Waals surface area (Å²) in [5, 5.41) is 0. The first kappa shape index (κ1) is 11.0. The maximum atomic E-state index is 3.44. The van der Waals surface area contributed by atoms with Gasteiger partial charge < -0.3 is 0 Å². The van der Waals surface area contributed by atoms with Gasteiger partial charge in [-0.25, -0.2) is 0 Å². The number of hydrogen-bond donors (Lipinski definition) is 0. The van der Waals surface area contributed by atoms with Gasteiger partial charge >= 0.3 is 0 Å². The van der Waals surface area contributed by atoms with E-state index in [1.54, 1.807) is 5.57 Å². The van der Waals surface area contributed by atoms with E-state index in [0.717, 1.165) is 12.3 Å². The molecule has 15 heavy (non-hydrogen) atoms. The third kappa shape index (κ3) is 3.87. The molecule has 2 saturated carbocycles. The summed E-state index contributed by atoms with van der Waals surface area (Å²) < 4.78 is 0. The Morgan fingerprint density at radius 2 is 2.00 bits per heavy atom. The monoisotopic (exact) mass is 218 g/mol. The molecule has 0 radical (unpaired) electrons. The van der Waals surface area contributed by atoms with Crippen molar-refractivity contribution in [2.75, 3.05) is 0 Å². The number of unbranched alkanes of at least 4 members (excludes halogenated alkanes) is 1. The highest BCUT2D eigenvalue weighted by Crippen LogP contribution is 2.50.